The first-order valence-electron chi connectivity index (χ1n) is 4.37. The molecule has 0 bridgehead atoms. The second-order valence-corrected chi connectivity index (χ2v) is 3.15. The minimum absolute atomic E-state index is 0.295. The summed E-state index contributed by atoms with van der Waals surface area (Å²) in [6.45, 7) is 1.69. The molecule has 0 spiro atoms. The third-order valence-electron chi connectivity index (χ3n) is 1.76. The van der Waals surface area contributed by atoms with E-state index >= 15 is 0 Å². The van der Waals surface area contributed by atoms with E-state index in [1.165, 1.54) is 12.2 Å². The third-order valence-corrected chi connectivity index (χ3v) is 1.76. The maximum absolute atomic E-state index is 11.0. The Morgan fingerprint density at radius 3 is 2.79 bits per heavy atom. The predicted octanol–water partition coefficient (Wildman–Crippen LogP) is 0.364. The van der Waals surface area contributed by atoms with Crippen LogP contribution in [0.25, 0.3) is 0 Å². The average molecular weight is 196 g/mol. The number of aliphatic hydroxyl groups is 1. The third kappa shape index (κ3) is 3.53. The molecule has 14 heavy (non-hydrogen) atoms. The van der Waals surface area contributed by atoms with Crippen molar-refractivity contribution in [2.24, 2.45) is 0 Å². The highest BCUT2D eigenvalue weighted by molar-refractivity contribution is 6.02. The van der Waals surface area contributed by atoms with Crippen molar-refractivity contribution in [3.8, 4) is 0 Å². The van der Waals surface area contributed by atoms with Crippen LogP contribution in [0.4, 0.5) is 0 Å². The smallest absolute Gasteiger partial charge is 0.331 e. The summed E-state index contributed by atoms with van der Waals surface area (Å²) < 4.78 is 4.87. The van der Waals surface area contributed by atoms with Gasteiger partial charge in [-0.3, -0.25) is 4.79 Å². The Morgan fingerprint density at radius 1 is 1.36 bits per heavy atom. The van der Waals surface area contributed by atoms with Crippen LogP contribution in [0.2, 0.25) is 0 Å². The minimum Gasteiger partial charge on any atom is -0.459 e. The maximum atomic E-state index is 11.0. The molecule has 0 saturated heterocycles. The van der Waals surface area contributed by atoms with Gasteiger partial charge in [-0.15, -0.1) is 0 Å². The van der Waals surface area contributed by atoms with Crippen molar-refractivity contribution >= 4 is 11.8 Å². The Balaban J connectivity index is 2.77. The molecule has 0 fully saturated rings. The summed E-state index contributed by atoms with van der Waals surface area (Å²) in [5.74, 6) is -0.899. The number of allylic oxidation sites excluding steroid dienone is 2. The fourth-order valence-corrected chi connectivity index (χ4v) is 1.12. The lowest BCUT2D eigenvalue weighted by Gasteiger charge is -2.14. The standard InChI is InChI=1S/C10H12O4/c1-7-6-9(12)3-2-8(11)4-5-10(13)14-7/h2-5,7,9,12H,6H2,1H3/b3-2-,5-4-. The van der Waals surface area contributed by atoms with Gasteiger partial charge in [0.25, 0.3) is 0 Å². The maximum Gasteiger partial charge on any atom is 0.331 e. The number of ether oxygens (including phenoxy) is 1. The number of hydrogen-bond acceptors (Lipinski definition) is 4. The number of hydrogen-bond donors (Lipinski definition) is 1. The summed E-state index contributed by atoms with van der Waals surface area (Å²) in [6, 6.07) is 0. The minimum atomic E-state index is -0.756. The summed E-state index contributed by atoms with van der Waals surface area (Å²) >= 11 is 0. The van der Waals surface area contributed by atoms with Gasteiger partial charge in [-0.1, -0.05) is 6.08 Å². The number of rotatable bonds is 0. The predicted molar refractivity (Wildman–Crippen MR) is 49.5 cm³/mol. The number of ketones is 1. The van der Waals surface area contributed by atoms with Crippen molar-refractivity contribution in [3.05, 3.63) is 24.3 Å². The zero-order valence-corrected chi connectivity index (χ0v) is 7.84. The van der Waals surface area contributed by atoms with E-state index in [0.717, 1.165) is 12.2 Å². The Hall–Kier alpha value is -1.42. The molecular weight excluding hydrogens is 184 g/mol. The van der Waals surface area contributed by atoms with Crippen molar-refractivity contribution in [3.63, 3.8) is 0 Å². The molecule has 2 atom stereocenters. The molecule has 1 rings (SSSR count). The monoisotopic (exact) mass is 196 g/mol. The zero-order valence-electron chi connectivity index (χ0n) is 7.84. The first-order chi connectivity index (χ1) is 6.58. The summed E-state index contributed by atoms with van der Waals surface area (Å²) in [5, 5.41) is 9.35. The van der Waals surface area contributed by atoms with Gasteiger partial charge in [-0.05, 0) is 19.1 Å². The van der Waals surface area contributed by atoms with Crippen molar-refractivity contribution < 1.29 is 19.4 Å². The van der Waals surface area contributed by atoms with Gasteiger partial charge in [0.2, 0.25) is 0 Å². The van der Waals surface area contributed by atoms with Crippen LogP contribution in [0.3, 0.4) is 0 Å². The van der Waals surface area contributed by atoms with E-state index in [9.17, 15) is 14.7 Å². The molecule has 0 saturated carbocycles. The Labute approximate surface area is 81.9 Å². The topological polar surface area (TPSA) is 63.6 Å². The highest BCUT2D eigenvalue weighted by Crippen LogP contribution is 2.06. The van der Waals surface area contributed by atoms with E-state index in [-0.39, 0.29) is 11.9 Å². The first kappa shape index (κ1) is 10.7. The fraction of sp³-hybridized carbons (Fsp3) is 0.400. The molecular formula is C10H12O4. The second kappa shape index (κ2) is 4.72. The first-order valence-corrected chi connectivity index (χ1v) is 4.37. The van der Waals surface area contributed by atoms with E-state index in [2.05, 4.69) is 0 Å². The lowest BCUT2D eigenvalue weighted by atomic mass is 10.1. The van der Waals surface area contributed by atoms with Gasteiger partial charge in [-0.2, -0.15) is 0 Å². The summed E-state index contributed by atoms with van der Waals surface area (Å²) in [4.78, 5) is 22.0. The van der Waals surface area contributed by atoms with Gasteiger partial charge in [0.05, 0.1) is 6.10 Å². The van der Waals surface area contributed by atoms with Gasteiger partial charge in [0.15, 0.2) is 5.78 Å². The van der Waals surface area contributed by atoms with Crippen LogP contribution in [0.1, 0.15) is 13.3 Å². The molecule has 1 aliphatic rings. The van der Waals surface area contributed by atoms with Crippen LogP contribution in [0.15, 0.2) is 24.3 Å². The molecule has 0 aromatic carbocycles. The number of carbonyl (C=O) groups is 2. The van der Waals surface area contributed by atoms with Crippen LogP contribution in [0.5, 0.6) is 0 Å². The molecule has 2 unspecified atom stereocenters. The van der Waals surface area contributed by atoms with Crippen LogP contribution in [-0.4, -0.2) is 29.1 Å². The quantitative estimate of drug-likeness (QED) is 0.568. The van der Waals surface area contributed by atoms with Gasteiger partial charge < -0.3 is 9.84 Å². The van der Waals surface area contributed by atoms with E-state index in [1.54, 1.807) is 6.92 Å². The lowest BCUT2D eigenvalue weighted by Crippen LogP contribution is -2.20. The molecule has 0 aromatic rings. The van der Waals surface area contributed by atoms with E-state index in [1.807, 2.05) is 0 Å². The molecule has 1 N–H and O–H groups in total. The molecule has 1 aliphatic heterocycles. The summed E-state index contributed by atoms with van der Waals surface area (Å²) in [5.41, 5.74) is 0. The van der Waals surface area contributed by atoms with E-state index < -0.39 is 12.1 Å². The van der Waals surface area contributed by atoms with Gasteiger partial charge in [-0.25, -0.2) is 4.79 Å². The highest BCUT2D eigenvalue weighted by Gasteiger charge is 2.12. The van der Waals surface area contributed by atoms with Crippen molar-refractivity contribution in [1.82, 2.24) is 0 Å². The molecule has 0 amide bonds. The molecule has 76 valence electrons. The lowest BCUT2D eigenvalue weighted by molar-refractivity contribution is -0.143. The average Bonchev–Trinajstić information content (AvgIpc) is 2.10. The van der Waals surface area contributed by atoms with Crippen molar-refractivity contribution in [1.29, 1.82) is 0 Å². The van der Waals surface area contributed by atoms with Gasteiger partial charge in [0, 0.05) is 12.5 Å². The van der Waals surface area contributed by atoms with Crippen LogP contribution >= 0.6 is 0 Å². The normalized spacial score (nSPS) is 33.3. The molecule has 0 aliphatic carbocycles. The van der Waals surface area contributed by atoms with Crippen molar-refractivity contribution in [2.75, 3.05) is 0 Å². The molecule has 1 heterocycles. The SMILES string of the molecule is CC1CC(O)/C=C\C(=O)/C=C\C(=O)O1. The van der Waals surface area contributed by atoms with E-state index in [4.69, 9.17) is 4.74 Å². The molecule has 0 aromatic heterocycles. The number of carbonyl (C=O) groups excluding carboxylic acids is 2. The van der Waals surface area contributed by atoms with E-state index in [0.29, 0.717) is 6.42 Å². The van der Waals surface area contributed by atoms with Crippen LogP contribution < -0.4 is 0 Å². The summed E-state index contributed by atoms with van der Waals surface area (Å²) in [7, 11) is 0. The largest absolute Gasteiger partial charge is 0.459 e. The van der Waals surface area contributed by atoms with Crippen LogP contribution in [-0.2, 0) is 14.3 Å². The Bertz CT molecular complexity index is 290. The van der Waals surface area contributed by atoms with Gasteiger partial charge in [0.1, 0.15) is 6.10 Å². The second-order valence-electron chi connectivity index (χ2n) is 3.15. The van der Waals surface area contributed by atoms with Crippen molar-refractivity contribution in [2.45, 2.75) is 25.6 Å². The summed E-state index contributed by atoms with van der Waals surface area (Å²) in [6.07, 6.45) is 4.01. The zero-order chi connectivity index (χ0) is 10.6. The number of cyclic esters (lactones) is 1. The highest BCUT2D eigenvalue weighted by atomic mass is 16.5. The molecule has 0 radical (unpaired) electrons. The molecule has 4 nitrogen and oxygen atoms in total. The fourth-order valence-electron chi connectivity index (χ4n) is 1.12. The number of aliphatic hydroxyl groups excluding tert-OH is 1. The van der Waals surface area contributed by atoms with Gasteiger partial charge >= 0.3 is 5.97 Å². The molecule has 4 heteroatoms. The Kier molecular flexibility index (Phi) is 3.59. The van der Waals surface area contributed by atoms with Crippen LogP contribution in [0, 0.1) is 0 Å². The Morgan fingerprint density at radius 2 is 2.07 bits per heavy atom. The number of esters is 1.